The Bertz CT molecular complexity index is 948. The van der Waals surface area contributed by atoms with Crippen molar-refractivity contribution < 1.29 is 9.09 Å². The number of piperazine rings is 1. The molecule has 2 aromatic carbocycles. The van der Waals surface area contributed by atoms with Crippen molar-refractivity contribution in [3.05, 3.63) is 54.1 Å². The number of nitrogens with zero attached hydrogens (tertiary/aromatic N) is 3. The molecule has 2 heterocycles. The van der Waals surface area contributed by atoms with Crippen LogP contribution in [-0.4, -0.2) is 54.4 Å². The Morgan fingerprint density at radius 1 is 1.07 bits per heavy atom. The van der Waals surface area contributed by atoms with Gasteiger partial charge in [0.25, 0.3) is 7.52 Å². The lowest BCUT2D eigenvalue weighted by Crippen LogP contribution is -2.43. The van der Waals surface area contributed by atoms with E-state index in [-0.39, 0.29) is 0 Å². The molecule has 0 aliphatic carbocycles. The summed E-state index contributed by atoms with van der Waals surface area (Å²) in [5.74, 6) is 0. The monoisotopic (exact) mass is 415 g/mol. The molecular formula is C21H26N3O2PS. The molecule has 1 fully saturated rings. The summed E-state index contributed by atoms with van der Waals surface area (Å²) < 4.78 is 22.7. The maximum atomic E-state index is 13.6. The first-order valence-electron chi connectivity index (χ1n) is 9.70. The maximum absolute atomic E-state index is 13.6. The number of fused-ring (bicyclic) bond motifs is 1. The minimum absolute atomic E-state index is 0.449. The van der Waals surface area contributed by atoms with Crippen LogP contribution in [0.3, 0.4) is 0 Å². The zero-order valence-electron chi connectivity index (χ0n) is 16.4. The van der Waals surface area contributed by atoms with Crippen LogP contribution in [0.1, 0.15) is 12.5 Å². The Morgan fingerprint density at radius 2 is 1.79 bits per heavy atom. The predicted octanol–water partition coefficient (Wildman–Crippen LogP) is 4.94. The zero-order valence-corrected chi connectivity index (χ0v) is 18.1. The third-order valence-corrected chi connectivity index (χ3v) is 8.89. The lowest BCUT2D eigenvalue weighted by molar-refractivity contribution is 0.191. The highest BCUT2D eigenvalue weighted by Crippen LogP contribution is 2.54. The molecule has 0 saturated carbocycles. The van der Waals surface area contributed by atoms with Gasteiger partial charge in [-0.15, -0.1) is 11.3 Å². The first-order chi connectivity index (χ1) is 13.6. The van der Waals surface area contributed by atoms with Crippen LogP contribution in [-0.2, 0) is 15.3 Å². The number of benzene rings is 2. The first kappa shape index (κ1) is 19.7. The molecular weight excluding hydrogens is 389 g/mol. The van der Waals surface area contributed by atoms with Gasteiger partial charge < -0.3 is 9.42 Å². The minimum Gasteiger partial charge on any atom is -0.317 e. The lowest BCUT2D eigenvalue weighted by atomic mass is 10.2. The van der Waals surface area contributed by atoms with Gasteiger partial charge in [-0.1, -0.05) is 36.4 Å². The maximum Gasteiger partial charge on any atom is 0.276 e. The molecule has 1 atom stereocenters. The summed E-state index contributed by atoms with van der Waals surface area (Å²) >= 11 is 1.70. The van der Waals surface area contributed by atoms with E-state index in [4.69, 9.17) is 9.51 Å². The van der Waals surface area contributed by atoms with Crippen molar-refractivity contribution in [2.45, 2.75) is 13.1 Å². The van der Waals surface area contributed by atoms with Gasteiger partial charge in [-0.3, -0.25) is 4.57 Å². The Kier molecular flexibility index (Phi) is 5.95. The van der Waals surface area contributed by atoms with Crippen LogP contribution in [0.2, 0.25) is 0 Å². The van der Waals surface area contributed by atoms with Crippen molar-refractivity contribution in [1.82, 2.24) is 14.6 Å². The fourth-order valence-electron chi connectivity index (χ4n) is 3.51. The van der Waals surface area contributed by atoms with E-state index in [1.165, 1.54) is 4.70 Å². The summed E-state index contributed by atoms with van der Waals surface area (Å²) in [6.07, 6.45) is 0.449. The molecule has 1 unspecified atom stereocenters. The molecule has 4 rings (SSSR count). The van der Waals surface area contributed by atoms with Crippen LogP contribution in [0.5, 0.6) is 0 Å². The first-order valence-corrected chi connectivity index (χ1v) is 12.3. The van der Waals surface area contributed by atoms with Gasteiger partial charge in [-0.25, -0.2) is 9.65 Å². The Hall–Kier alpha value is -1.56. The third kappa shape index (κ3) is 4.22. The zero-order chi connectivity index (χ0) is 19.6. The number of hydrogen-bond donors (Lipinski definition) is 0. The highest BCUT2D eigenvalue weighted by molar-refractivity contribution is 7.55. The van der Waals surface area contributed by atoms with Gasteiger partial charge >= 0.3 is 0 Å². The molecule has 0 amide bonds. The molecule has 1 aliphatic heterocycles. The van der Waals surface area contributed by atoms with Gasteiger partial charge in [0.05, 0.1) is 23.0 Å². The summed E-state index contributed by atoms with van der Waals surface area (Å²) in [5.41, 5.74) is 3.17. The quantitative estimate of drug-likeness (QED) is 0.534. The normalized spacial score (nSPS) is 18.4. The molecule has 1 aliphatic rings. The van der Waals surface area contributed by atoms with E-state index in [1.54, 1.807) is 11.3 Å². The van der Waals surface area contributed by atoms with Gasteiger partial charge in [0.2, 0.25) is 0 Å². The average molecular weight is 415 g/mol. The van der Waals surface area contributed by atoms with E-state index in [2.05, 4.69) is 46.9 Å². The minimum atomic E-state index is -2.86. The molecule has 7 heteroatoms. The van der Waals surface area contributed by atoms with Gasteiger partial charge in [0.15, 0.2) is 0 Å². The second kappa shape index (κ2) is 8.44. The summed E-state index contributed by atoms with van der Waals surface area (Å²) in [6, 6.07) is 16.5. The van der Waals surface area contributed by atoms with Crippen molar-refractivity contribution in [3.8, 4) is 10.6 Å². The van der Waals surface area contributed by atoms with E-state index in [9.17, 15) is 4.57 Å². The van der Waals surface area contributed by atoms with Crippen molar-refractivity contribution in [2.75, 3.05) is 39.8 Å². The smallest absolute Gasteiger partial charge is 0.276 e. The van der Waals surface area contributed by atoms with E-state index in [1.807, 2.05) is 25.1 Å². The van der Waals surface area contributed by atoms with E-state index < -0.39 is 7.52 Å². The largest absolute Gasteiger partial charge is 0.317 e. The lowest BCUT2D eigenvalue weighted by Gasteiger charge is -2.37. The second-order valence-electron chi connectivity index (χ2n) is 7.15. The Labute approximate surface area is 170 Å². The van der Waals surface area contributed by atoms with Crippen molar-refractivity contribution in [3.63, 3.8) is 0 Å². The number of thiazole rings is 1. The molecule has 148 valence electrons. The third-order valence-electron chi connectivity index (χ3n) is 5.12. The molecule has 0 radical (unpaired) electrons. The standard InChI is InChI=1S/C21H26N3O2PS/c1-3-26-27(25,24-14-12-23(2)13-15-24)16-17-8-10-18(11-9-17)21-22-19-6-4-5-7-20(19)28-21/h4-11H,3,12-16H2,1-2H3. The number of aromatic nitrogens is 1. The van der Waals surface area contributed by atoms with Crippen LogP contribution in [0.4, 0.5) is 0 Å². The van der Waals surface area contributed by atoms with Crippen LogP contribution < -0.4 is 0 Å². The highest BCUT2D eigenvalue weighted by Gasteiger charge is 2.33. The molecule has 0 N–H and O–H groups in total. The van der Waals surface area contributed by atoms with E-state index in [0.717, 1.165) is 47.8 Å². The molecule has 28 heavy (non-hydrogen) atoms. The summed E-state index contributed by atoms with van der Waals surface area (Å²) in [6.45, 7) is 5.81. The summed E-state index contributed by atoms with van der Waals surface area (Å²) in [4.78, 5) is 6.99. The summed E-state index contributed by atoms with van der Waals surface area (Å²) in [7, 11) is -0.759. The number of rotatable bonds is 6. The number of para-hydroxylation sites is 1. The number of hydrogen-bond acceptors (Lipinski definition) is 5. The van der Waals surface area contributed by atoms with Crippen LogP contribution in [0.15, 0.2) is 48.5 Å². The fourth-order valence-corrected chi connectivity index (χ4v) is 6.80. The van der Waals surface area contributed by atoms with Gasteiger partial charge in [-0.05, 0) is 31.7 Å². The molecule has 3 aromatic rings. The van der Waals surface area contributed by atoms with Gasteiger partial charge in [0, 0.05) is 31.7 Å². The van der Waals surface area contributed by atoms with Crippen molar-refractivity contribution in [1.29, 1.82) is 0 Å². The highest BCUT2D eigenvalue weighted by atomic mass is 32.1. The molecule has 1 aromatic heterocycles. The van der Waals surface area contributed by atoms with Crippen LogP contribution in [0, 0.1) is 0 Å². The fraction of sp³-hybridized carbons (Fsp3) is 0.381. The average Bonchev–Trinajstić information content (AvgIpc) is 3.13. The molecule has 1 saturated heterocycles. The Morgan fingerprint density at radius 3 is 2.46 bits per heavy atom. The van der Waals surface area contributed by atoms with E-state index in [0.29, 0.717) is 12.8 Å². The topological polar surface area (TPSA) is 45.7 Å². The van der Waals surface area contributed by atoms with Crippen LogP contribution in [0.25, 0.3) is 20.8 Å². The van der Waals surface area contributed by atoms with Crippen LogP contribution >= 0.6 is 18.9 Å². The summed E-state index contributed by atoms with van der Waals surface area (Å²) in [5, 5.41) is 1.01. The van der Waals surface area contributed by atoms with E-state index >= 15 is 0 Å². The van der Waals surface area contributed by atoms with Gasteiger partial charge in [0.1, 0.15) is 5.01 Å². The second-order valence-corrected chi connectivity index (χ2v) is 10.6. The predicted molar refractivity (Wildman–Crippen MR) is 117 cm³/mol. The van der Waals surface area contributed by atoms with Gasteiger partial charge in [-0.2, -0.15) is 0 Å². The molecule has 0 spiro atoms. The number of likely N-dealkylation sites (N-methyl/N-ethyl adjacent to an activating group) is 1. The molecule has 5 nitrogen and oxygen atoms in total. The Balaban J connectivity index is 1.53. The van der Waals surface area contributed by atoms with Crippen molar-refractivity contribution >= 4 is 29.1 Å². The van der Waals surface area contributed by atoms with Crippen molar-refractivity contribution in [2.24, 2.45) is 0 Å². The SMILES string of the molecule is CCOP(=O)(Cc1ccc(-c2nc3ccccc3s2)cc1)N1CCN(C)CC1. The molecule has 0 bridgehead atoms.